The van der Waals surface area contributed by atoms with E-state index in [4.69, 9.17) is 0 Å². The van der Waals surface area contributed by atoms with Gasteiger partial charge in [-0.15, -0.1) is 0 Å². The number of nitrogens with zero attached hydrogens (tertiary/aromatic N) is 2. The molecule has 0 spiro atoms. The van der Waals surface area contributed by atoms with Crippen LogP contribution in [0.15, 0.2) is 65.6 Å². The fourth-order valence-electron chi connectivity index (χ4n) is 3.25. The number of unbranched alkanes of at least 4 members (excludes halogenated alkanes) is 2. The first-order valence-corrected chi connectivity index (χ1v) is 11.6. The molecule has 0 amide bonds. The Bertz CT molecular complexity index is 1090. The molecule has 0 aliphatic rings. The maximum atomic E-state index is 12.7. The molecule has 0 bridgehead atoms. The second-order valence-corrected chi connectivity index (χ2v) is 9.34. The van der Waals surface area contributed by atoms with E-state index in [1.807, 2.05) is 30.3 Å². The van der Waals surface area contributed by atoms with Crippen molar-refractivity contribution in [1.29, 1.82) is 0 Å². The van der Waals surface area contributed by atoms with Gasteiger partial charge >= 0.3 is 5.97 Å². The summed E-state index contributed by atoms with van der Waals surface area (Å²) in [7, 11) is -0.729. The number of rotatable bonds is 10. The molecule has 0 aliphatic heterocycles. The Morgan fingerprint density at radius 3 is 2.42 bits per heavy atom. The number of aromatic nitrogens is 2. The van der Waals surface area contributed by atoms with Crippen LogP contribution in [0.5, 0.6) is 0 Å². The highest BCUT2D eigenvalue weighted by Gasteiger charge is 2.20. The highest BCUT2D eigenvalue weighted by atomic mass is 32.2. The lowest BCUT2D eigenvalue weighted by molar-refractivity contribution is 0.0600. The maximum Gasteiger partial charge on any atom is 0.337 e. The Balaban J connectivity index is 1.45. The van der Waals surface area contributed by atoms with Crippen LogP contribution in [0.1, 0.15) is 35.3 Å². The molecule has 0 atom stereocenters. The minimum atomic E-state index is -3.59. The molecule has 0 aliphatic carbocycles. The molecular formula is C23H27N3O4S. The van der Waals surface area contributed by atoms with E-state index in [0.717, 1.165) is 42.6 Å². The first-order chi connectivity index (χ1) is 14.9. The van der Waals surface area contributed by atoms with Gasteiger partial charge in [0.05, 0.1) is 23.3 Å². The molecule has 7 nitrogen and oxygen atoms in total. The molecule has 2 aromatic carbocycles. The second kappa shape index (κ2) is 10.4. The van der Waals surface area contributed by atoms with Crippen molar-refractivity contribution in [2.24, 2.45) is 0 Å². The van der Waals surface area contributed by atoms with E-state index < -0.39 is 16.0 Å². The van der Waals surface area contributed by atoms with Gasteiger partial charge in [-0.05, 0) is 49.6 Å². The van der Waals surface area contributed by atoms with Crippen molar-refractivity contribution < 1.29 is 17.9 Å². The highest BCUT2D eigenvalue weighted by molar-refractivity contribution is 7.89. The van der Waals surface area contributed by atoms with E-state index >= 15 is 0 Å². The number of hydrogen-bond donors (Lipinski definition) is 1. The van der Waals surface area contributed by atoms with E-state index in [1.54, 1.807) is 7.05 Å². The number of sulfonamides is 1. The van der Waals surface area contributed by atoms with Crippen LogP contribution in [0, 0.1) is 0 Å². The predicted octanol–water partition coefficient (Wildman–Crippen LogP) is 3.90. The average Bonchev–Trinajstić information content (AvgIpc) is 3.27. The zero-order valence-corrected chi connectivity index (χ0v) is 18.6. The summed E-state index contributed by atoms with van der Waals surface area (Å²) in [6.07, 6.45) is 3.47. The fraction of sp³-hybridized carbons (Fsp3) is 0.304. The van der Waals surface area contributed by atoms with Crippen LogP contribution in [0.2, 0.25) is 0 Å². The summed E-state index contributed by atoms with van der Waals surface area (Å²) in [5.74, 6) is -0.495. The van der Waals surface area contributed by atoms with Crippen molar-refractivity contribution in [2.75, 3.05) is 20.7 Å². The van der Waals surface area contributed by atoms with Gasteiger partial charge in [-0.25, -0.2) is 17.5 Å². The number of aromatic amines is 1. The SMILES string of the molecule is COC(=O)c1ccc(S(=O)(=O)N(C)CCCCCc2cc(-c3ccccc3)n[nH]2)cc1. The summed E-state index contributed by atoms with van der Waals surface area (Å²) >= 11 is 0. The van der Waals surface area contributed by atoms with Gasteiger partial charge in [0.1, 0.15) is 0 Å². The Morgan fingerprint density at radius 2 is 1.74 bits per heavy atom. The third kappa shape index (κ3) is 5.80. The van der Waals surface area contributed by atoms with E-state index in [-0.39, 0.29) is 4.90 Å². The minimum Gasteiger partial charge on any atom is -0.465 e. The molecule has 0 saturated heterocycles. The molecule has 3 aromatic rings. The summed E-state index contributed by atoms with van der Waals surface area (Å²) in [5.41, 5.74) is 3.40. The van der Waals surface area contributed by atoms with Gasteiger partial charge < -0.3 is 4.74 Å². The average molecular weight is 442 g/mol. The quantitative estimate of drug-likeness (QED) is 0.381. The zero-order chi connectivity index (χ0) is 22.3. The van der Waals surface area contributed by atoms with Crippen LogP contribution in [-0.4, -0.2) is 49.6 Å². The van der Waals surface area contributed by atoms with Crippen LogP contribution in [0.3, 0.4) is 0 Å². The first-order valence-electron chi connectivity index (χ1n) is 10.2. The number of hydrogen-bond acceptors (Lipinski definition) is 5. The van der Waals surface area contributed by atoms with Crippen LogP contribution in [0.25, 0.3) is 11.3 Å². The summed E-state index contributed by atoms with van der Waals surface area (Å²) in [6.45, 7) is 0.430. The lowest BCUT2D eigenvalue weighted by Gasteiger charge is -2.17. The maximum absolute atomic E-state index is 12.7. The number of H-pyrrole nitrogens is 1. The minimum absolute atomic E-state index is 0.161. The Morgan fingerprint density at radius 1 is 1.03 bits per heavy atom. The number of carbonyl (C=O) groups excluding carboxylic acids is 1. The van der Waals surface area contributed by atoms with Crippen molar-refractivity contribution in [3.05, 3.63) is 71.9 Å². The molecule has 0 fully saturated rings. The van der Waals surface area contributed by atoms with E-state index in [9.17, 15) is 13.2 Å². The van der Waals surface area contributed by atoms with Gasteiger partial charge in [0.15, 0.2) is 0 Å². The molecular weight excluding hydrogens is 414 g/mol. The molecule has 0 unspecified atom stereocenters. The highest BCUT2D eigenvalue weighted by Crippen LogP contribution is 2.19. The van der Waals surface area contributed by atoms with E-state index in [0.29, 0.717) is 12.1 Å². The van der Waals surface area contributed by atoms with Crippen molar-refractivity contribution in [1.82, 2.24) is 14.5 Å². The smallest absolute Gasteiger partial charge is 0.337 e. The molecule has 8 heteroatoms. The monoisotopic (exact) mass is 441 g/mol. The number of esters is 1. The lowest BCUT2D eigenvalue weighted by Crippen LogP contribution is -2.28. The molecule has 1 heterocycles. The number of aryl methyl sites for hydroxylation is 1. The number of ether oxygens (including phenoxy) is 1. The molecule has 164 valence electrons. The van der Waals surface area contributed by atoms with Gasteiger partial charge in [-0.1, -0.05) is 36.8 Å². The molecule has 31 heavy (non-hydrogen) atoms. The van der Waals surface area contributed by atoms with Crippen LogP contribution < -0.4 is 0 Å². The summed E-state index contributed by atoms with van der Waals surface area (Å²) in [5, 5.41) is 7.44. The molecule has 1 aromatic heterocycles. The molecule has 3 rings (SSSR count). The lowest BCUT2D eigenvalue weighted by atomic mass is 10.1. The Kier molecular flexibility index (Phi) is 7.59. The Labute approximate surface area is 183 Å². The number of methoxy groups -OCH3 is 1. The fourth-order valence-corrected chi connectivity index (χ4v) is 4.46. The number of carbonyl (C=O) groups is 1. The number of nitrogens with one attached hydrogen (secondary N) is 1. The van der Waals surface area contributed by atoms with Gasteiger partial charge in [0.2, 0.25) is 10.0 Å². The third-order valence-corrected chi connectivity index (χ3v) is 6.97. The zero-order valence-electron chi connectivity index (χ0n) is 17.7. The van der Waals surface area contributed by atoms with E-state index in [1.165, 1.54) is 35.7 Å². The standard InChI is InChI=1S/C23H27N3O4S/c1-26(31(28,29)21-14-12-19(13-15-21)23(27)30-2)16-8-4-7-11-20-17-22(25-24-20)18-9-5-3-6-10-18/h3,5-6,9-10,12-15,17H,4,7-8,11,16H2,1-2H3,(H,24,25). The predicted molar refractivity (Wildman–Crippen MR) is 119 cm³/mol. The van der Waals surface area contributed by atoms with Gasteiger partial charge in [-0.3, -0.25) is 5.10 Å². The largest absolute Gasteiger partial charge is 0.465 e. The van der Waals surface area contributed by atoms with Crippen molar-refractivity contribution in [2.45, 2.75) is 30.6 Å². The Hall–Kier alpha value is -2.97. The van der Waals surface area contributed by atoms with Gasteiger partial charge in [0.25, 0.3) is 0 Å². The molecule has 1 N–H and O–H groups in total. The van der Waals surface area contributed by atoms with Crippen molar-refractivity contribution in [3.63, 3.8) is 0 Å². The first kappa shape index (κ1) is 22.7. The molecule has 0 saturated carbocycles. The summed E-state index contributed by atoms with van der Waals surface area (Å²) < 4.78 is 31.4. The normalized spacial score (nSPS) is 11.6. The second-order valence-electron chi connectivity index (χ2n) is 7.30. The summed E-state index contributed by atoms with van der Waals surface area (Å²) in [4.78, 5) is 11.7. The van der Waals surface area contributed by atoms with Crippen LogP contribution in [0.4, 0.5) is 0 Å². The third-order valence-electron chi connectivity index (χ3n) is 5.10. The van der Waals surface area contributed by atoms with E-state index in [2.05, 4.69) is 21.0 Å². The van der Waals surface area contributed by atoms with Crippen LogP contribution in [-0.2, 0) is 21.2 Å². The number of benzene rings is 2. The van der Waals surface area contributed by atoms with Crippen LogP contribution >= 0.6 is 0 Å². The summed E-state index contributed by atoms with van der Waals surface area (Å²) in [6, 6.07) is 17.8. The van der Waals surface area contributed by atoms with Gasteiger partial charge in [-0.2, -0.15) is 5.10 Å². The topological polar surface area (TPSA) is 92.4 Å². The van der Waals surface area contributed by atoms with Gasteiger partial charge in [0, 0.05) is 24.8 Å². The molecule has 0 radical (unpaired) electrons. The van der Waals surface area contributed by atoms with Crippen molar-refractivity contribution >= 4 is 16.0 Å². The van der Waals surface area contributed by atoms with Crippen molar-refractivity contribution in [3.8, 4) is 11.3 Å².